The Labute approximate surface area is 107 Å². The Kier molecular flexibility index (Phi) is 4.54. The van der Waals surface area contributed by atoms with Crippen LogP contribution in [0, 0.1) is 5.92 Å². The topological polar surface area (TPSA) is 72.9 Å². The zero-order valence-corrected chi connectivity index (χ0v) is 10.6. The molecule has 0 aromatic rings. The largest absolute Gasteiger partial charge is 0.480 e. The Bertz CT molecular complexity index is 308. The first-order chi connectivity index (χ1) is 8.66. The number of carboxylic acids is 1. The van der Waals surface area contributed by atoms with Crippen molar-refractivity contribution in [3.05, 3.63) is 0 Å². The van der Waals surface area contributed by atoms with Gasteiger partial charge in [-0.15, -0.1) is 0 Å². The van der Waals surface area contributed by atoms with Crippen LogP contribution in [0.1, 0.15) is 12.8 Å². The van der Waals surface area contributed by atoms with Crippen LogP contribution in [-0.4, -0.2) is 72.6 Å². The van der Waals surface area contributed by atoms with Crippen molar-refractivity contribution in [1.82, 2.24) is 15.1 Å². The highest BCUT2D eigenvalue weighted by Crippen LogP contribution is 2.14. The normalized spacial score (nSPS) is 26.0. The fourth-order valence-corrected chi connectivity index (χ4v) is 2.64. The Balaban J connectivity index is 1.78. The van der Waals surface area contributed by atoms with Crippen LogP contribution in [0.2, 0.25) is 0 Å². The fourth-order valence-electron chi connectivity index (χ4n) is 2.64. The number of carboxylic acid groups (broad SMARTS) is 1. The number of piperazine rings is 1. The summed E-state index contributed by atoms with van der Waals surface area (Å²) >= 11 is 0. The monoisotopic (exact) mass is 255 g/mol. The predicted octanol–water partition coefficient (Wildman–Crippen LogP) is -0.785. The van der Waals surface area contributed by atoms with Gasteiger partial charge in [-0.1, -0.05) is 0 Å². The first-order valence-corrected chi connectivity index (χ1v) is 6.60. The number of rotatable bonds is 3. The van der Waals surface area contributed by atoms with E-state index < -0.39 is 5.97 Å². The molecule has 6 heteroatoms. The van der Waals surface area contributed by atoms with Crippen molar-refractivity contribution in [2.45, 2.75) is 12.8 Å². The molecule has 0 aliphatic carbocycles. The first-order valence-electron chi connectivity index (χ1n) is 6.60. The summed E-state index contributed by atoms with van der Waals surface area (Å²) in [7, 11) is 0. The lowest BCUT2D eigenvalue weighted by Crippen LogP contribution is -2.52. The van der Waals surface area contributed by atoms with Crippen molar-refractivity contribution in [2.75, 3.05) is 45.8 Å². The van der Waals surface area contributed by atoms with E-state index in [9.17, 15) is 9.59 Å². The summed E-state index contributed by atoms with van der Waals surface area (Å²) in [6.07, 6.45) is 2.04. The Morgan fingerprint density at radius 1 is 1.22 bits per heavy atom. The lowest BCUT2D eigenvalue weighted by Gasteiger charge is -2.36. The third-order valence-electron chi connectivity index (χ3n) is 3.69. The van der Waals surface area contributed by atoms with Crippen LogP contribution in [0.3, 0.4) is 0 Å². The summed E-state index contributed by atoms with van der Waals surface area (Å²) in [6.45, 7) is 4.51. The van der Waals surface area contributed by atoms with Crippen molar-refractivity contribution < 1.29 is 14.7 Å². The minimum atomic E-state index is -0.800. The van der Waals surface area contributed by atoms with Crippen LogP contribution >= 0.6 is 0 Å². The van der Waals surface area contributed by atoms with E-state index in [1.54, 1.807) is 0 Å². The van der Waals surface area contributed by atoms with Gasteiger partial charge in [0, 0.05) is 32.7 Å². The lowest BCUT2D eigenvalue weighted by atomic mass is 9.98. The summed E-state index contributed by atoms with van der Waals surface area (Å²) in [5.74, 6) is -0.451. The molecule has 2 saturated heterocycles. The maximum Gasteiger partial charge on any atom is 0.317 e. The third-order valence-corrected chi connectivity index (χ3v) is 3.69. The van der Waals surface area contributed by atoms with Gasteiger partial charge < -0.3 is 15.3 Å². The number of nitrogens with one attached hydrogen (secondary N) is 1. The molecule has 2 rings (SSSR count). The van der Waals surface area contributed by atoms with Crippen molar-refractivity contribution in [2.24, 2.45) is 5.92 Å². The van der Waals surface area contributed by atoms with Crippen LogP contribution in [-0.2, 0) is 9.59 Å². The second-order valence-corrected chi connectivity index (χ2v) is 5.04. The molecule has 0 aromatic carbocycles. The number of amides is 1. The molecule has 0 aromatic heterocycles. The van der Waals surface area contributed by atoms with Gasteiger partial charge in [0.15, 0.2) is 0 Å². The number of aliphatic carboxylic acids is 1. The van der Waals surface area contributed by atoms with Gasteiger partial charge in [0.2, 0.25) is 5.91 Å². The van der Waals surface area contributed by atoms with Gasteiger partial charge >= 0.3 is 5.97 Å². The molecule has 0 bridgehead atoms. The predicted molar refractivity (Wildman–Crippen MR) is 66.2 cm³/mol. The van der Waals surface area contributed by atoms with E-state index in [4.69, 9.17) is 5.11 Å². The molecular weight excluding hydrogens is 234 g/mol. The van der Waals surface area contributed by atoms with Crippen LogP contribution in [0.5, 0.6) is 0 Å². The average molecular weight is 255 g/mol. The highest BCUT2D eigenvalue weighted by atomic mass is 16.4. The minimum Gasteiger partial charge on any atom is -0.480 e. The van der Waals surface area contributed by atoms with Gasteiger partial charge in [0.25, 0.3) is 0 Å². The van der Waals surface area contributed by atoms with E-state index in [0.717, 1.165) is 25.9 Å². The van der Waals surface area contributed by atoms with E-state index in [-0.39, 0.29) is 18.4 Å². The number of carbonyl (C=O) groups excluding carboxylic acids is 1. The number of piperidine rings is 1. The Morgan fingerprint density at radius 2 is 1.94 bits per heavy atom. The molecule has 102 valence electrons. The van der Waals surface area contributed by atoms with Gasteiger partial charge in [-0.3, -0.25) is 14.5 Å². The van der Waals surface area contributed by atoms with Crippen LogP contribution in [0.15, 0.2) is 0 Å². The summed E-state index contributed by atoms with van der Waals surface area (Å²) < 4.78 is 0. The second kappa shape index (κ2) is 6.15. The van der Waals surface area contributed by atoms with Gasteiger partial charge in [-0.2, -0.15) is 0 Å². The van der Waals surface area contributed by atoms with Crippen molar-refractivity contribution in [3.63, 3.8) is 0 Å². The smallest absolute Gasteiger partial charge is 0.317 e. The SMILES string of the molecule is O=C(O)CN1CCN(C(=O)C2CCCNC2)CC1. The number of hydrogen-bond acceptors (Lipinski definition) is 4. The number of hydrogen-bond donors (Lipinski definition) is 2. The lowest BCUT2D eigenvalue weighted by molar-refractivity contribution is -0.140. The van der Waals surface area contributed by atoms with E-state index in [1.807, 2.05) is 9.80 Å². The van der Waals surface area contributed by atoms with Gasteiger partial charge in [0.1, 0.15) is 0 Å². The molecule has 18 heavy (non-hydrogen) atoms. The molecule has 2 fully saturated rings. The van der Waals surface area contributed by atoms with Gasteiger partial charge in [-0.25, -0.2) is 0 Å². The van der Waals surface area contributed by atoms with Crippen LogP contribution in [0.4, 0.5) is 0 Å². The molecule has 2 aliphatic heterocycles. The number of nitrogens with zero attached hydrogens (tertiary/aromatic N) is 2. The van der Waals surface area contributed by atoms with Crippen LogP contribution < -0.4 is 5.32 Å². The van der Waals surface area contributed by atoms with Crippen LogP contribution in [0.25, 0.3) is 0 Å². The molecule has 0 saturated carbocycles. The summed E-state index contributed by atoms with van der Waals surface area (Å²) in [4.78, 5) is 26.6. The zero-order valence-electron chi connectivity index (χ0n) is 10.6. The molecule has 1 unspecified atom stereocenters. The standard InChI is InChI=1S/C12H21N3O3/c16-11(17)9-14-4-6-15(7-5-14)12(18)10-2-1-3-13-8-10/h10,13H,1-9H2,(H,16,17). The number of carbonyl (C=O) groups is 2. The summed E-state index contributed by atoms with van der Waals surface area (Å²) in [5.41, 5.74) is 0. The van der Waals surface area contributed by atoms with Crippen molar-refractivity contribution >= 4 is 11.9 Å². The third kappa shape index (κ3) is 3.43. The van der Waals surface area contributed by atoms with E-state index >= 15 is 0 Å². The maximum atomic E-state index is 12.2. The van der Waals surface area contributed by atoms with Crippen molar-refractivity contribution in [1.29, 1.82) is 0 Å². The highest BCUT2D eigenvalue weighted by Gasteiger charge is 2.28. The molecule has 1 amide bonds. The van der Waals surface area contributed by atoms with E-state index in [1.165, 1.54) is 0 Å². The van der Waals surface area contributed by atoms with E-state index in [0.29, 0.717) is 26.2 Å². The average Bonchev–Trinajstić information content (AvgIpc) is 2.39. The van der Waals surface area contributed by atoms with Gasteiger partial charge in [-0.05, 0) is 19.4 Å². The fraction of sp³-hybridized carbons (Fsp3) is 0.833. The molecular formula is C12H21N3O3. The maximum absolute atomic E-state index is 12.2. The molecule has 2 N–H and O–H groups in total. The van der Waals surface area contributed by atoms with E-state index in [2.05, 4.69) is 5.32 Å². The Morgan fingerprint density at radius 3 is 2.50 bits per heavy atom. The summed E-state index contributed by atoms with van der Waals surface area (Å²) in [5, 5.41) is 12.0. The van der Waals surface area contributed by atoms with Gasteiger partial charge in [0.05, 0.1) is 12.5 Å². The second-order valence-electron chi connectivity index (χ2n) is 5.04. The molecule has 1 atom stereocenters. The highest BCUT2D eigenvalue weighted by molar-refractivity contribution is 5.79. The first kappa shape index (κ1) is 13.3. The summed E-state index contributed by atoms with van der Waals surface area (Å²) in [6, 6.07) is 0. The molecule has 2 aliphatic rings. The molecule has 2 heterocycles. The minimum absolute atomic E-state index is 0.0764. The Hall–Kier alpha value is -1.14. The molecule has 0 spiro atoms. The molecule has 0 radical (unpaired) electrons. The quantitative estimate of drug-likeness (QED) is 0.692. The zero-order chi connectivity index (χ0) is 13.0. The van der Waals surface area contributed by atoms with Crippen molar-refractivity contribution in [3.8, 4) is 0 Å². The molecule has 6 nitrogen and oxygen atoms in total.